The van der Waals surface area contributed by atoms with Crippen LogP contribution in [0.5, 0.6) is 0 Å². The average Bonchev–Trinajstić information content (AvgIpc) is 1.89. The van der Waals surface area contributed by atoms with E-state index < -0.39 is 12.7 Å². The van der Waals surface area contributed by atoms with E-state index in [2.05, 4.69) is 5.32 Å². The SMILES string of the molecule is NC(CF)CCNC=O. The van der Waals surface area contributed by atoms with Crippen LogP contribution in [0.3, 0.4) is 0 Å². The Labute approximate surface area is 53.4 Å². The number of nitrogens with two attached hydrogens (primary N) is 1. The van der Waals surface area contributed by atoms with Crippen LogP contribution in [0.25, 0.3) is 0 Å². The minimum absolute atomic E-state index is 0.433. The van der Waals surface area contributed by atoms with Crippen molar-refractivity contribution in [2.45, 2.75) is 12.5 Å². The highest BCUT2D eigenvalue weighted by Gasteiger charge is 1.98. The van der Waals surface area contributed by atoms with Gasteiger partial charge in [0.05, 0.1) is 0 Å². The van der Waals surface area contributed by atoms with Gasteiger partial charge in [-0.15, -0.1) is 0 Å². The minimum atomic E-state index is -0.527. The molecule has 0 aromatic carbocycles. The summed E-state index contributed by atoms with van der Waals surface area (Å²) in [5, 5.41) is 2.39. The summed E-state index contributed by atoms with van der Waals surface area (Å²) < 4.78 is 11.6. The Morgan fingerprint density at radius 2 is 2.44 bits per heavy atom. The number of nitrogens with one attached hydrogen (secondary N) is 1. The summed E-state index contributed by atoms with van der Waals surface area (Å²) in [4.78, 5) is 9.63. The lowest BCUT2D eigenvalue weighted by molar-refractivity contribution is -0.109. The van der Waals surface area contributed by atoms with Crippen molar-refractivity contribution in [3.8, 4) is 0 Å². The molecule has 0 heterocycles. The molecule has 9 heavy (non-hydrogen) atoms. The van der Waals surface area contributed by atoms with Crippen LogP contribution in [0.15, 0.2) is 0 Å². The molecule has 0 radical (unpaired) electrons. The first kappa shape index (κ1) is 8.36. The zero-order valence-corrected chi connectivity index (χ0v) is 5.14. The maximum atomic E-state index is 11.6. The molecule has 54 valence electrons. The summed E-state index contributed by atoms with van der Waals surface area (Å²) in [6.07, 6.45) is 1.07. The highest BCUT2D eigenvalue weighted by atomic mass is 19.1. The van der Waals surface area contributed by atoms with Crippen LogP contribution in [0, 0.1) is 0 Å². The molecule has 3 nitrogen and oxygen atoms in total. The average molecular weight is 134 g/mol. The summed E-state index contributed by atoms with van der Waals surface area (Å²) in [6, 6.07) is -0.433. The zero-order chi connectivity index (χ0) is 7.11. The molecular weight excluding hydrogens is 123 g/mol. The smallest absolute Gasteiger partial charge is 0.207 e. The highest BCUT2D eigenvalue weighted by Crippen LogP contribution is 1.84. The first-order valence-electron chi connectivity index (χ1n) is 2.80. The monoisotopic (exact) mass is 134 g/mol. The van der Waals surface area contributed by atoms with E-state index in [4.69, 9.17) is 5.73 Å². The van der Waals surface area contributed by atoms with Gasteiger partial charge in [-0.3, -0.25) is 4.79 Å². The summed E-state index contributed by atoms with van der Waals surface area (Å²) in [6.45, 7) is -0.0743. The van der Waals surface area contributed by atoms with E-state index in [0.29, 0.717) is 19.4 Å². The van der Waals surface area contributed by atoms with Gasteiger partial charge in [-0.05, 0) is 6.42 Å². The second kappa shape index (κ2) is 5.50. The van der Waals surface area contributed by atoms with Crippen molar-refractivity contribution in [1.82, 2.24) is 5.32 Å². The molecule has 0 fully saturated rings. The van der Waals surface area contributed by atoms with E-state index in [9.17, 15) is 9.18 Å². The molecule has 1 atom stereocenters. The molecule has 1 amide bonds. The van der Waals surface area contributed by atoms with Crippen LogP contribution in [0.2, 0.25) is 0 Å². The second-order valence-electron chi connectivity index (χ2n) is 1.78. The quantitative estimate of drug-likeness (QED) is 0.390. The predicted octanol–water partition coefficient (Wildman–Crippen LogP) is -0.581. The molecule has 0 aliphatic carbocycles. The van der Waals surface area contributed by atoms with E-state index in [-0.39, 0.29) is 0 Å². The Balaban J connectivity index is 2.96. The molecule has 0 aliphatic heterocycles. The van der Waals surface area contributed by atoms with E-state index in [1.54, 1.807) is 0 Å². The Hall–Kier alpha value is -0.640. The van der Waals surface area contributed by atoms with Crippen molar-refractivity contribution in [3.63, 3.8) is 0 Å². The number of alkyl halides is 1. The van der Waals surface area contributed by atoms with Gasteiger partial charge in [-0.25, -0.2) is 4.39 Å². The van der Waals surface area contributed by atoms with Gasteiger partial charge in [0.1, 0.15) is 6.67 Å². The van der Waals surface area contributed by atoms with Crippen LogP contribution in [0.1, 0.15) is 6.42 Å². The van der Waals surface area contributed by atoms with Gasteiger partial charge in [-0.2, -0.15) is 0 Å². The van der Waals surface area contributed by atoms with Gasteiger partial charge in [0, 0.05) is 12.6 Å². The van der Waals surface area contributed by atoms with Crippen molar-refractivity contribution in [2.75, 3.05) is 13.2 Å². The zero-order valence-electron chi connectivity index (χ0n) is 5.14. The molecule has 0 spiro atoms. The third kappa shape index (κ3) is 5.23. The molecule has 0 aromatic rings. The fourth-order valence-corrected chi connectivity index (χ4v) is 0.405. The van der Waals surface area contributed by atoms with Gasteiger partial charge < -0.3 is 11.1 Å². The van der Waals surface area contributed by atoms with Crippen molar-refractivity contribution in [1.29, 1.82) is 0 Å². The maximum absolute atomic E-state index is 11.6. The Morgan fingerprint density at radius 1 is 1.78 bits per heavy atom. The maximum Gasteiger partial charge on any atom is 0.207 e. The fraction of sp³-hybridized carbons (Fsp3) is 0.800. The first-order chi connectivity index (χ1) is 4.31. The van der Waals surface area contributed by atoms with Crippen LogP contribution in [-0.4, -0.2) is 25.7 Å². The minimum Gasteiger partial charge on any atom is -0.359 e. The molecule has 4 heteroatoms. The number of amides is 1. The van der Waals surface area contributed by atoms with Crippen molar-refractivity contribution in [2.24, 2.45) is 5.73 Å². The fourth-order valence-electron chi connectivity index (χ4n) is 0.405. The van der Waals surface area contributed by atoms with Gasteiger partial charge in [0.25, 0.3) is 0 Å². The van der Waals surface area contributed by atoms with Gasteiger partial charge in [0.2, 0.25) is 6.41 Å². The first-order valence-corrected chi connectivity index (χ1v) is 2.80. The van der Waals surface area contributed by atoms with Crippen LogP contribution >= 0.6 is 0 Å². The summed E-state index contributed by atoms with van der Waals surface area (Å²) >= 11 is 0. The molecule has 0 aromatic heterocycles. The van der Waals surface area contributed by atoms with Gasteiger partial charge in [-0.1, -0.05) is 0 Å². The largest absolute Gasteiger partial charge is 0.359 e. The lowest BCUT2D eigenvalue weighted by atomic mass is 10.2. The molecule has 1 unspecified atom stereocenters. The van der Waals surface area contributed by atoms with Gasteiger partial charge >= 0.3 is 0 Å². The Kier molecular flexibility index (Phi) is 5.11. The molecule has 0 saturated carbocycles. The van der Waals surface area contributed by atoms with E-state index in [0.717, 1.165) is 0 Å². The van der Waals surface area contributed by atoms with Crippen LogP contribution in [-0.2, 0) is 4.79 Å². The number of hydrogen-bond acceptors (Lipinski definition) is 2. The van der Waals surface area contributed by atoms with Gasteiger partial charge in [0.15, 0.2) is 0 Å². The topological polar surface area (TPSA) is 55.1 Å². The number of hydrogen-bond donors (Lipinski definition) is 2. The van der Waals surface area contributed by atoms with Crippen molar-refractivity contribution < 1.29 is 9.18 Å². The van der Waals surface area contributed by atoms with Crippen LogP contribution in [0.4, 0.5) is 4.39 Å². The van der Waals surface area contributed by atoms with E-state index in [1.807, 2.05) is 0 Å². The normalized spacial score (nSPS) is 12.7. The number of carbonyl (C=O) groups excluding carboxylic acids is 1. The predicted molar refractivity (Wildman–Crippen MR) is 32.6 cm³/mol. The van der Waals surface area contributed by atoms with E-state index >= 15 is 0 Å². The second-order valence-corrected chi connectivity index (χ2v) is 1.78. The molecule has 3 N–H and O–H groups in total. The Bertz CT molecular complexity index is 79.4. The molecule has 0 rings (SSSR count). The van der Waals surface area contributed by atoms with Crippen molar-refractivity contribution >= 4 is 6.41 Å². The lowest BCUT2D eigenvalue weighted by Crippen LogP contribution is -2.27. The molecular formula is C5H11FN2O. The molecule has 0 bridgehead atoms. The standard InChI is InChI=1S/C5H11FN2O/c6-3-5(7)1-2-8-4-9/h4-5H,1-3,7H2,(H,8,9). The van der Waals surface area contributed by atoms with Crippen LogP contribution < -0.4 is 11.1 Å². The summed E-state index contributed by atoms with van der Waals surface area (Å²) in [5.74, 6) is 0. The molecule has 0 aliphatic rings. The summed E-state index contributed by atoms with van der Waals surface area (Å²) in [5.41, 5.74) is 5.18. The Morgan fingerprint density at radius 3 is 2.89 bits per heavy atom. The third-order valence-electron chi connectivity index (χ3n) is 0.941. The highest BCUT2D eigenvalue weighted by molar-refractivity contribution is 5.45. The number of carbonyl (C=O) groups is 1. The number of rotatable bonds is 5. The molecule has 0 saturated heterocycles. The van der Waals surface area contributed by atoms with E-state index in [1.165, 1.54) is 0 Å². The third-order valence-corrected chi connectivity index (χ3v) is 0.941. The lowest BCUT2D eigenvalue weighted by Gasteiger charge is -2.03. The summed E-state index contributed by atoms with van der Waals surface area (Å²) in [7, 11) is 0. The number of halogens is 1. The van der Waals surface area contributed by atoms with Crippen molar-refractivity contribution in [3.05, 3.63) is 0 Å².